The summed E-state index contributed by atoms with van der Waals surface area (Å²) >= 11 is 2.90. The van der Waals surface area contributed by atoms with Gasteiger partial charge < -0.3 is 15.8 Å². The molecule has 0 fully saturated rings. The van der Waals surface area contributed by atoms with Crippen LogP contribution in [0.5, 0.6) is 5.75 Å². The van der Waals surface area contributed by atoms with Crippen molar-refractivity contribution in [2.24, 2.45) is 5.73 Å². The van der Waals surface area contributed by atoms with Gasteiger partial charge >= 0.3 is 0 Å². The molecule has 8 heteroatoms. The summed E-state index contributed by atoms with van der Waals surface area (Å²) in [6, 6.07) is 17.0. The number of carbonyl (C=O) groups is 2. The molecule has 6 nitrogen and oxygen atoms in total. The van der Waals surface area contributed by atoms with Crippen molar-refractivity contribution in [3.05, 3.63) is 92.8 Å². The van der Waals surface area contributed by atoms with Gasteiger partial charge in [0, 0.05) is 27.5 Å². The number of rotatable bonds is 8. The Kier molecular flexibility index (Phi) is 7.20. The predicted molar refractivity (Wildman–Crippen MR) is 138 cm³/mol. The highest BCUT2D eigenvalue weighted by Crippen LogP contribution is 2.39. The van der Waals surface area contributed by atoms with Gasteiger partial charge in [0.25, 0.3) is 5.91 Å². The van der Waals surface area contributed by atoms with Gasteiger partial charge in [0.1, 0.15) is 17.4 Å². The molecule has 0 unspecified atom stereocenters. The number of hydrogen-bond donors (Lipinski definition) is 2. The van der Waals surface area contributed by atoms with Gasteiger partial charge in [-0.1, -0.05) is 48.5 Å². The molecule has 0 saturated carbocycles. The van der Waals surface area contributed by atoms with Crippen molar-refractivity contribution in [1.29, 1.82) is 0 Å². The number of hydrogen-bond acceptors (Lipinski definition) is 6. The van der Waals surface area contributed by atoms with Gasteiger partial charge in [0.2, 0.25) is 5.91 Å². The van der Waals surface area contributed by atoms with E-state index in [1.807, 2.05) is 73.8 Å². The maximum atomic E-state index is 12.7. The fourth-order valence-corrected chi connectivity index (χ4v) is 5.20. The monoisotopic (exact) mass is 489 g/mol. The molecule has 0 saturated heterocycles. The van der Waals surface area contributed by atoms with Crippen LogP contribution in [0.3, 0.4) is 0 Å². The number of nitrogens with one attached hydrogen (secondary N) is 1. The summed E-state index contributed by atoms with van der Waals surface area (Å²) in [6.45, 7) is 4.20. The molecule has 4 rings (SSSR count). The van der Waals surface area contributed by atoms with Crippen LogP contribution < -0.4 is 15.8 Å². The Labute approximate surface area is 205 Å². The van der Waals surface area contributed by atoms with E-state index in [9.17, 15) is 9.59 Å². The van der Waals surface area contributed by atoms with Gasteiger partial charge in [0.15, 0.2) is 0 Å². The van der Waals surface area contributed by atoms with Gasteiger partial charge in [0.05, 0.1) is 16.3 Å². The molecule has 0 atom stereocenters. The molecule has 0 radical (unpaired) electrons. The molecule has 172 valence electrons. The lowest BCUT2D eigenvalue weighted by Crippen LogP contribution is -2.16. The van der Waals surface area contributed by atoms with E-state index in [4.69, 9.17) is 10.5 Å². The molecule has 0 aliphatic carbocycles. The summed E-state index contributed by atoms with van der Waals surface area (Å²) in [5.74, 6) is -0.305. The Hall–Kier alpha value is -3.75. The van der Waals surface area contributed by atoms with E-state index in [-0.39, 0.29) is 5.91 Å². The molecule has 0 aliphatic heterocycles. The first kappa shape index (κ1) is 23.4. The molecule has 34 heavy (non-hydrogen) atoms. The van der Waals surface area contributed by atoms with Crippen LogP contribution in [-0.2, 0) is 11.4 Å². The summed E-state index contributed by atoms with van der Waals surface area (Å²) in [6.07, 6.45) is 3.09. The fourth-order valence-electron chi connectivity index (χ4n) is 3.52. The van der Waals surface area contributed by atoms with E-state index in [1.54, 1.807) is 17.4 Å². The maximum Gasteiger partial charge on any atom is 0.252 e. The number of ether oxygens (including phenoxy) is 1. The number of nitrogens with zero attached hydrogens (tertiary/aromatic N) is 1. The number of para-hydroxylation sites is 1. The minimum atomic E-state index is -0.585. The summed E-state index contributed by atoms with van der Waals surface area (Å²) in [7, 11) is 0. The Morgan fingerprint density at radius 1 is 1.09 bits per heavy atom. The topological polar surface area (TPSA) is 94.3 Å². The lowest BCUT2D eigenvalue weighted by molar-refractivity contribution is -0.111. The van der Waals surface area contributed by atoms with Crippen molar-refractivity contribution in [3.63, 3.8) is 0 Å². The smallest absolute Gasteiger partial charge is 0.252 e. The largest absolute Gasteiger partial charge is 0.487 e. The van der Waals surface area contributed by atoms with Gasteiger partial charge in [-0.15, -0.1) is 22.7 Å². The predicted octanol–water partition coefficient (Wildman–Crippen LogP) is 5.82. The molecule has 2 aromatic heterocycles. The Balaban J connectivity index is 1.51. The number of aryl methyl sites for hydroxylation is 2. The average Bonchev–Trinajstić information content (AvgIpc) is 3.39. The Morgan fingerprint density at radius 3 is 2.53 bits per heavy atom. The van der Waals surface area contributed by atoms with Crippen LogP contribution in [0.4, 0.5) is 5.00 Å². The van der Waals surface area contributed by atoms with Crippen molar-refractivity contribution in [1.82, 2.24) is 4.98 Å². The maximum absolute atomic E-state index is 12.7. The van der Waals surface area contributed by atoms with E-state index in [1.165, 1.54) is 17.4 Å². The molecule has 2 aromatic carbocycles. The second-order valence-electron chi connectivity index (χ2n) is 7.47. The lowest BCUT2D eigenvalue weighted by Gasteiger charge is -2.08. The molecule has 2 heterocycles. The number of carbonyl (C=O) groups excluding carboxylic acids is 2. The first-order chi connectivity index (χ1) is 16.4. The van der Waals surface area contributed by atoms with Crippen LogP contribution in [0.25, 0.3) is 17.2 Å². The number of anilines is 1. The van der Waals surface area contributed by atoms with Gasteiger partial charge in [-0.05, 0) is 31.6 Å². The zero-order valence-electron chi connectivity index (χ0n) is 18.7. The van der Waals surface area contributed by atoms with E-state index < -0.39 is 5.91 Å². The number of nitrogens with two attached hydrogens (primary N) is 1. The van der Waals surface area contributed by atoms with Crippen LogP contribution in [0.15, 0.2) is 66.1 Å². The Bertz CT molecular complexity index is 1360. The average molecular weight is 490 g/mol. The van der Waals surface area contributed by atoms with Crippen LogP contribution >= 0.6 is 22.7 Å². The molecule has 0 bridgehead atoms. The summed E-state index contributed by atoms with van der Waals surface area (Å²) in [5.41, 5.74) is 9.24. The SMILES string of the molecule is Cc1nc(COc2ccccc2/C=C/C(=O)Nc2sc(C)c(-c3ccccc3)c2C(N)=O)cs1. The van der Waals surface area contributed by atoms with E-state index in [0.717, 1.165) is 32.3 Å². The highest BCUT2D eigenvalue weighted by atomic mass is 32.1. The first-order valence-electron chi connectivity index (χ1n) is 10.5. The van der Waals surface area contributed by atoms with Gasteiger partial charge in [-0.3, -0.25) is 9.59 Å². The highest BCUT2D eigenvalue weighted by molar-refractivity contribution is 7.17. The van der Waals surface area contributed by atoms with Gasteiger partial charge in [-0.25, -0.2) is 4.98 Å². The number of amides is 2. The minimum Gasteiger partial charge on any atom is -0.487 e. The first-order valence-corrected chi connectivity index (χ1v) is 12.2. The van der Waals surface area contributed by atoms with Crippen LogP contribution in [-0.4, -0.2) is 16.8 Å². The van der Waals surface area contributed by atoms with Crippen molar-refractivity contribution < 1.29 is 14.3 Å². The summed E-state index contributed by atoms with van der Waals surface area (Å²) in [4.78, 5) is 30.3. The third-order valence-corrected chi connectivity index (χ3v) is 6.85. The highest BCUT2D eigenvalue weighted by Gasteiger charge is 2.22. The number of benzene rings is 2. The van der Waals surface area contributed by atoms with Crippen LogP contribution in [0, 0.1) is 13.8 Å². The van der Waals surface area contributed by atoms with Crippen molar-refractivity contribution in [3.8, 4) is 16.9 Å². The number of thiazole rings is 1. The van der Waals surface area contributed by atoms with Gasteiger partial charge in [-0.2, -0.15) is 0 Å². The van der Waals surface area contributed by atoms with Crippen molar-refractivity contribution >= 4 is 45.6 Å². The fraction of sp³-hybridized carbons (Fsp3) is 0.115. The summed E-state index contributed by atoms with van der Waals surface area (Å²) in [5, 5.41) is 6.19. The molecule has 0 aliphatic rings. The zero-order chi connectivity index (χ0) is 24.1. The number of primary amides is 1. The molecule has 3 N–H and O–H groups in total. The van der Waals surface area contributed by atoms with Crippen molar-refractivity contribution in [2.75, 3.05) is 5.32 Å². The third-order valence-electron chi connectivity index (χ3n) is 5.01. The third kappa shape index (κ3) is 5.41. The van der Waals surface area contributed by atoms with Crippen LogP contribution in [0.1, 0.15) is 31.5 Å². The quantitative estimate of drug-likeness (QED) is 0.305. The lowest BCUT2D eigenvalue weighted by atomic mass is 10.0. The minimum absolute atomic E-state index is 0.317. The van der Waals surface area contributed by atoms with E-state index in [0.29, 0.717) is 22.9 Å². The normalized spacial score (nSPS) is 11.0. The number of aromatic nitrogens is 1. The molecule has 2 amide bonds. The molecule has 4 aromatic rings. The Morgan fingerprint density at radius 2 is 1.82 bits per heavy atom. The second-order valence-corrected chi connectivity index (χ2v) is 9.76. The van der Waals surface area contributed by atoms with E-state index in [2.05, 4.69) is 10.3 Å². The summed E-state index contributed by atoms with van der Waals surface area (Å²) < 4.78 is 5.91. The standard InChI is InChI=1S/C26H23N3O3S2/c1-16-23(19-9-4-3-5-10-19)24(25(27)31)26(34-16)29-22(30)13-12-18-8-6-7-11-21(18)32-14-20-15-33-17(2)28-20/h3-13,15H,14H2,1-2H3,(H2,27,31)(H,29,30)/b13-12+. The molecular weight excluding hydrogens is 466 g/mol. The number of thiophene rings is 1. The van der Waals surface area contributed by atoms with E-state index >= 15 is 0 Å². The molecular formula is C26H23N3O3S2. The zero-order valence-corrected chi connectivity index (χ0v) is 20.3. The second kappa shape index (κ2) is 10.5. The van der Waals surface area contributed by atoms with Crippen LogP contribution in [0.2, 0.25) is 0 Å². The molecule has 0 spiro atoms. The van der Waals surface area contributed by atoms with Crippen molar-refractivity contribution in [2.45, 2.75) is 20.5 Å².